The van der Waals surface area contributed by atoms with Crippen LogP contribution in [0, 0.1) is 0 Å². The summed E-state index contributed by atoms with van der Waals surface area (Å²) < 4.78 is 5.21. The van der Waals surface area contributed by atoms with E-state index in [9.17, 15) is 15.0 Å². The standard InChI is InChI=1S/C9H16N4O6/c10-4-1-5(12-18)13(9(17)11-4)8-7(16)6(15)3(2-14)19-8/h3,5-8,12,14-16,18H,1-2H2,(H2,10,11,17)/t3-,5?,6-,7-,8-/m1/s1. The molecule has 2 aliphatic rings. The first-order chi connectivity index (χ1) is 8.99. The van der Waals surface area contributed by atoms with E-state index in [2.05, 4.69) is 4.99 Å². The van der Waals surface area contributed by atoms with Gasteiger partial charge in [0.1, 0.15) is 30.3 Å². The Kier molecular flexibility index (Phi) is 3.99. The maximum Gasteiger partial charge on any atom is 0.348 e. The lowest BCUT2D eigenvalue weighted by atomic mass is 10.1. The van der Waals surface area contributed by atoms with E-state index in [1.165, 1.54) is 0 Å². The molecule has 0 aromatic heterocycles. The van der Waals surface area contributed by atoms with E-state index < -0.39 is 43.3 Å². The number of carbonyl (C=O) groups excluding carboxylic acids is 1. The summed E-state index contributed by atoms with van der Waals surface area (Å²) in [5.74, 6) is 0.0274. The molecule has 0 aromatic carbocycles. The third-order valence-corrected chi connectivity index (χ3v) is 3.14. The molecule has 1 unspecified atom stereocenters. The number of aliphatic hydroxyl groups excluding tert-OH is 3. The molecule has 2 amide bonds. The number of hydrogen-bond donors (Lipinski definition) is 6. The molecule has 19 heavy (non-hydrogen) atoms. The highest BCUT2D eigenvalue weighted by atomic mass is 16.6. The van der Waals surface area contributed by atoms with Gasteiger partial charge in [0, 0.05) is 6.42 Å². The number of amidine groups is 1. The van der Waals surface area contributed by atoms with E-state index >= 15 is 0 Å². The molecule has 10 heteroatoms. The van der Waals surface area contributed by atoms with Crippen molar-refractivity contribution in [1.29, 1.82) is 0 Å². The summed E-state index contributed by atoms with van der Waals surface area (Å²) in [6.07, 6.45) is -5.92. The Hall–Kier alpha value is -1.30. The third kappa shape index (κ3) is 2.41. The first kappa shape index (κ1) is 14.1. The fourth-order valence-corrected chi connectivity index (χ4v) is 2.16. The number of nitrogens with zero attached hydrogens (tertiary/aromatic N) is 2. The highest BCUT2D eigenvalue weighted by Gasteiger charge is 2.49. The van der Waals surface area contributed by atoms with Crippen LogP contribution < -0.4 is 11.2 Å². The first-order valence-electron chi connectivity index (χ1n) is 5.67. The fourth-order valence-electron chi connectivity index (χ4n) is 2.16. The Morgan fingerprint density at radius 1 is 1.47 bits per heavy atom. The molecular weight excluding hydrogens is 260 g/mol. The average Bonchev–Trinajstić information content (AvgIpc) is 2.65. The summed E-state index contributed by atoms with van der Waals surface area (Å²) in [7, 11) is 0. The van der Waals surface area contributed by atoms with Crippen molar-refractivity contribution < 1.29 is 30.1 Å². The molecule has 7 N–H and O–H groups in total. The number of ether oxygens (including phenoxy) is 1. The van der Waals surface area contributed by atoms with E-state index in [1.54, 1.807) is 0 Å². The molecule has 5 atom stereocenters. The Balaban J connectivity index is 2.22. The molecule has 0 saturated carbocycles. The van der Waals surface area contributed by atoms with Gasteiger partial charge in [-0.05, 0) is 0 Å². The Morgan fingerprint density at radius 3 is 2.68 bits per heavy atom. The predicted molar refractivity (Wildman–Crippen MR) is 59.9 cm³/mol. The second-order valence-corrected chi connectivity index (χ2v) is 4.37. The SMILES string of the molecule is NC1=NC(=O)N([C@@H]2O[C@H](CO)[C@@H](O)[C@H]2O)C(NO)C1. The number of hydroxylamine groups is 1. The van der Waals surface area contributed by atoms with Crippen molar-refractivity contribution in [3.63, 3.8) is 0 Å². The van der Waals surface area contributed by atoms with Gasteiger partial charge in [0.05, 0.1) is 6.61 Å². The second-order valence-electron chi connectivity index (χ2n) is 4.37. The molecule has 0 bridgehead atoms. The summed E-state index contributed by atoms with van der Waals surface area (Å²) in [4.78, 5) is 16.2. The number of aliphatic hydroxyl groups is 3. The van der Waals surface area contributed by atoms with Gasteiger partial charge in [0.25, 0.3) is 0 Å². The maximum absolute atomic E-state index is 11.8. The van der Waals surface area contributed by atoms with Crippen molar-refractivity contribution in [2.45, 2.75) is 37.1 Å². The van der Waals surface area contributed by atoms with Crippen molar-refractivity contribution in [1.82, 2.24) is 10.4 Å². The maximum atomic E-state index is 11.8. The molecule has 10 nitrogen and oxygen atoms in total. The van der Waals surface area contributed by atoms with Crippen LogP contribution in [0.4, 0.5) is 4.79 Å². The molecule has 2 rings (SSSR count). The van der Waals surface area contributed by atoms with Crippen molar-refractivity contribution in [3.8, 4) is 0 Å². The smallest absolute Gasteiger partial charge is 0.348 e. The van der Waals surface area contributed by atoms with Gasteiger partial charge >= 0.3 is 6.03 Å². The van der Waals surface area contributed by atoms with Crippen LogP contribution in [0.25, 0.3) is 0 Å². The highest BCUT2D eigenvalue weighted by molar-refractivity contribution is 5.95. The summed E-state index contributed by atoms with van der Waals surface area (Å²) in [5.41, 5.74) is 7.30. The zero-order valence-corrected chi connectivity index (χ0v) is 9.88. The topological polar surface area (TPSA) is 161 Å². The molecule has 2 aliphatic heterocycles. The molecular formula is C9H16N4O6. The zero-order chi connectivity index (χ0) is 14.2. The van der Waals surface area contributed by atoms with Crippen LogP contribution in [0.1, 0.15) is 6.42 Å². The third-order valence-electron chi connectivity index (χ3n) is 3.14. The van der Waals surface area contributed by atoms with Crippen LogP contribution in [-0.4, -0.2) is 74.6 Å². The average molecular weight is 276 g/mol. The monoisotopic (exact) mass is 276 g/mol. The van der Waals surface area contributed by atoms with Crippen molar-refractivity contribution in [2.75, 3.05) is 6.61 Å². The van der Waals surface area contributed by atoms with E-state index in [1.807, 2.05) is 5.48 Å². The van der Waals surface area contributed by atoms with Crippen LogP contribution in [0.5, 0.6) is 0 Å². The van der Waals surface area contributed by atoms with Gasteiger partial charge in [-0.25, -0.2) is 4.79 Å². The molecule has 0 spiro atoms. The number of aliphatic imine (C=N–C) groups is 1. The number of rotatable bonds is 3. The predicted octanol–water partition coefficient (Wildman–Crippen LogP) is -3.09. The number of carbonyl (C=O) groups is 1. The minimum Gasteiger partial charge on any atom is -0.394 e. The second kappa shape index (κ2) is 5.36. The van der Waals surface area contributed by atoms with Gasteiger partial charge in [-0.2, -0.15) is 10.5 Å². The summed E-state index contributed by atoms with van der Waals surface area (Å²) in [5, 5.41) is 37.5. The van der Waals surface area contributed by atoms with Gasteiger partial charge in [-0.3, -0.25) is 4.90 Å². The highest BCUT2D eigenvalue weighted by Crippen LogP contribution is 2.27. The van der Waals surface area contributed by atoms with E-state index in [-0.39, 0.29) is 12.3 Å². The largest absolute Gasteiger partial charge is 0.394 e. The number of amides is 2. The van der Waals surface area contributed by atoms with Crippen LogP contribution in [0.3, 0.4) is 0 Å². The number of nitrogens with two attached hydrogens (primary N) is 1. The zero-order valence-electron chi connectivity index (χ0n) is 9.88. The van der Waals surface area contributed by atoms with Gasteiger partial charge in [-0.1, -0.05) is 0 Å². The molecule has 0 radical (unpaired) electrons. The van der Waals surface area contributed by atoms with Crippen LogP contribution in [0.15, 0.2) is 4.99 Å². The van der Waals surface area contributed by atoms with Crippen LogP contribution >= 0.6 is 0 Å². The van der Waals surface area contributed by atoms with Crippen molar-refractivity contribution in [3.05, 3.63) is 0 Å². The quantitative estimate of drug-likeness (QED) is 0.296. The molecule has 1 fully saturated rings. The van der Waals surface area contributed by atoms with Crippen molar-refractivity contribution >= 4 is 11.9 Å². The number of hydrogen-bond acceptors (Lipinski definition) is 8. The molecule has 0 aliphatic carbocycles. The van der Waals surface area contributed by atoms with Crippen LogP contribution in [-0.2, 0) is 4.74 Å². The Morgan fingerprint density at radius 2 is 2.16 bits per heavy atom. The Bertz CT molecular complexity index is 391. The summed E-state index contributed by atoms with van der Waals surface area (Å²) >= 11 is 0. The Labute approximate surface area is 108 Å². The van der Waals surface area contributed by atoms with Gasteiger partial charge in [0.2, 0.25) is 0 Å². The summed E-state index contributed by atoms with van der Waals surface area (Å²) in [6.45, 7) is -0.514. The first-order valence-corrected chi connectivity index (χ1v) is 5.67. The van der Waals surface area contributed by atoms with Crippen molar-refractivity contribution in [2.24, 2.45) is 10.7 Å². The number of urea groups is 1. The minimum absolute atomic E-state index is 0.0274. The molecule has 1 saturated heterocycles. The lowest BCUT2D eigenvalue weighted by molar-refractivity contribution is -0.110. The minimum atomic E-state index is -1.42. The number of nitrogens with one attached hydrogen (secondary N) is 1. The van der Waals surface area contributed by atoms with E-state index in [4.69, 9.17) is 20.8 Å². The lowest BCUT2D eigenvalue weighted by Gasteiger charge is -2.37. The van der Waals surface area contributed by atoms with Gasteiger partial charge < -0.3 is 31.0 Å². The lowest BCUT2D eigenvalue weighted by Crippen LogP contribution is -2.59. The fraction of sp³-hybridized carbons (Fsp3) is 0.778. The normalized spacial score (nSPS) is 39.6. The molecule has 108 valence electrons. The van der Waals surface area contributed by atoms with Crippen LogP contribution in [0.2, 0.25) is 0 Å². The summed E-state index contributed by atoms with van der Waals surface area (Å²) in [6, 6.07) is -0.815. The molecule has 2 heterocycles. The molecule has 0 aromatic rings. The van der Waals surface area contributed by atoms with Gasteiger partial charge in [-0.15, -0.1) is 0 Å². The van der Waals surface area contributed by atoms with E-state index in [0.717, 1.165) is 4.90 Å². The van der Waals surface area contributed by atoms with E-state index in [0.29, 0.717) is 0 Å². The van der Waals surface area contributed by atoms with Gasteiger partial charge in [0.15, 0.2) is 6.23 Å².